The van der Waals surface area contributed by atoms with Gasteiger partial charge in [-0.15, -0.1) is 0 Å². The summed E-state index contributed by atoms with van der Waals surface area (Å²) in [5, 5.41) is 1.70. The lowest BCUT2D eigenvalue weighted by Crippen LogP contribution is -2.19. The van der Waals surface area contributed by atoms with Gasteiger partial charge >= 0.3 is 5.69 Å². The molecule has 0 aliphatic rings. The number of pyridine rings is 1. The Labute approximate surface area is 173 Å². The summed E-state index contributed by atoms with van der Waals surface area (Å²) in [5.74, 6) is 0.0255. The molecule has 2 aromatic carbocycles. The highest BCUT2D eigenvalue weighted by Crippen LogP contribution is 2.29. The fourth-order valence-electron chi connectivity index (χ4n) is 3.72. The normalized spacial score (nSPS) is 12.6. The number of carbonyl (C=O) groups is 1. The summed E-state index contributed by atoms with van der Waals surface area (Å²) in [7, 11) is 3.46. The van der Waals surface area contributed by atoms with Crippen molar-refractivity contribution >= 4 is 39.5 Å². The van der Waals surface area contributed by atoms with Crippen molar-refractivity contribution < 1.29 is 4.79 Å². The highest BCUT2D eigenvalue weighted by molar-refractivity contribution is 8.00. The van der Waals surface area contributed by atoms with Gasteiger partial charge in [0.1, 0.15) is 0 Å². The Morgan fingerprint density at radius 3 is 2.48 bits per heavy atom. The van der Waals surface area contributed by atoms with E-state index in [2.05, 4.69) is 26.0 Å². The van der Waals surface area contributed by atoms with Crippen LogP contribution in [0.25, 0.3) is 21.9 Å². The molecular formula is C23H23N3O2S. The van der Waals surface area contributed by atoms with Crippen LogP contribution in [-0.2, 0) is 14.1 Å². The Balaban J connectivity index is 1.66. The molecule has 1 unspecified atom stereocenters. The van der Waals surface area contributed by atoms with E-state index in [1.165, 1.54) is 11.8 Å². The Morgan fingerprint density at radius 2 is 1.72 bits per heavy atom. The van der Waals surface area contributed by atoms with E-state index in [-0.39, 0.29) is 16.7 Å². The van der Waals surface area contributed by atoms with Crippen molar-refractivity contribution in [1.82, 2.24) is 14.1 Å². The van der Waals surface area contributed by atoms with E-state index in [4.69, 9.17) is 4.98 Å². The van der Waals surface area contributed by atoms with E-state index in [1.54, 1.807) is 35.4 Å². The molecule has 29 heavy (non-hydrogen) atoms. The molecule has 0 fully saturated rings. The maximum absolute atomic E-state index is 13.1. The second kappa shape index (κ2) is 7.19. The number of imidazole rings is 1. The fraction of sp³-hybridized carbons (Fsp3) is 0.261. The molecule has 6 heteroatoms. The molecule has 0 amide bonds. The number of hydrogen-bond donors (Lipinski definition) is 0. The van der Waals surface area contributed by atoms with Crippen molar-refractivity contribution in [2.45, 2.75) is 31.0 Å². The van der Waals surface area contributed by atoms with Crippen LogP contribution in [-0.4, -0.2) is 25.2 Å². The standard InChI is InChI=1S/C23H23N3O2S/c1-13-7-6-8-17-14(2)11-20(24-21(13)17)29-15(3)22(27)16-9-10-18-19(12-16)26(5)23(28)25(18)4/h6-12,15H,1-5H3. The monoisotopic (exact) mass is 405 g/mol. The third-order valence-electron chi connectivity index (χ3n) is 5.45. The molecule has 0 aliphatic heterocycles. The molecule has 0 bridgehead atoms. The molecule has 0 aliphatic carbocycles. The van der Waals surface area contributed by atoms with Gasteiger partial charge < -0.3 is 0 Å². The van der Waals surface area contributed by atoms with Crippen LogP contribution in [0, 0.1) is 13.8 Å². The molecule has 4 aromatic rings. The zero-order valence-corrected chi connectivity index (χ0v) is 18.0. The van der Waals surface area contributed by atoms with Gasteiger partial charge in [-0.05, 0) is 56.2 Å². The van der Waals surface area contributed by atoms with Gasteiger partial charge in [-0.1, -0.05) is 30.0 Å². The van der Waals surface area contributed by atoms with Crippen LogP contribution in [0.3, 0.4) is 0 Å². The van der Waals surface area contributed by atoms with E-state index >= 15 is 0 Å². The summed E-state index contributed by atoms with van der Waals surface area (Å²) >= 11 is 1.47. The molecule has 148 valence electrons. The molecule has 1 atom stereocenters. The van der Waals surface area contributed by atoms with Crippen molar-refractivity contribution in [3.05, 3.63) is 69.6 Å². The highest BCUT2D eigenvalue weighted by Gasteiger charge is 2.20. The molecular weight excluding hydrogens is 382 g/mol. The number of benzene rings is 2. The number of rotatable bonds is 4. The third kappa shape index (κ3) is 3.27. The summed E-state index contributed by atoms with van der Waals surface area (Å²) in [6.45, 7) is 6.03. The van der Waals surface area contributed by atoms with Crippen molar-refractivity contribution in [3.63, 3.8) is 0 Å². The summed E-state index contributed by atoms with van der Waals surface area (Å²) in [4.78, 5) is 30.0. The zero-order valence-electron chi connectivity index (χ0n) is 17.2. The SMILES string of the molecule is Cc1cc(SC(C)C(=O)c2ccc3c(c2)n(C)c(=O)n3C)nc2c(C)cccc12. The lowest BCUT2D eigenvalue weighted by Gasteiger charge is -2.12. The minimum Gasteiger partial charge on any atom is -0.295 e. The van der Waals surface area contributed by atoms with Crippen molar-refractivity contribution in [2.75, 3.05) is 0 Å². The summed E-state index contributed by atoms with van der Waals surface area (Å²) < 4.78 is 3.16. The molecule has 5 nitrogen and oxygen atoms in total. The zero-order chi connectivity index (χ0) is 20.9. The molecule has 0 radical (unpaired) electrons. The Kier molecular flexibility index (Phi) is 4.82. The second-order valence-corrected chi connectivity index (χ2v) is 8.84. The first kappa shape index (κ1) is 19.5. The fourth-order valence-corrected chi connectivity index (χ4v) is 4.71. The number of carbonyl (C=O) groups excluding carboxylic acids is 1. The number of ketones is 1. The van der Waals surface area contributed by atoms with Gasteiger partial charge in [0.05, 0.1) is 26.8 Å². The number of para-hydroxylation sites is 1. The first-order valence-electron chi connectivity index (χ1n) is 9.51. The van der Waals surface area contributed by atoms with Gasteiger partial charge in [-0.25, -0.2) is 9.78 Å². The van der Waals surface area contributed by atoms with E-state index in [0.717, 1.165) is 38.1 Å². The molecule has 2 heterocycles. The number of Topliss-reactive ketones (excluding diaryl/α,β-unsaturated/α-hetero) is 1. The smallest absolute Gasteiger partial charge is 0.295 e. The minimum absolute atomic E-state index is 0.0255. The van der Waals surface area contributed by atoms with Gasteiger partial charge in [0.15, 0.2) is 5.78 Å². The van der Waals surface area contributed by atoms with Crippen molar-refractivity contribution in [3.8, 4) is 0 Å². The molecule has 0 saturated heterocycles. The van der Waals surface area contributed by atoms with Crippen LogP contribution in [0.1, 0.15) is 28.4 Å². The summed E-state index contributed by atoms with van der Waals surface area (Å²) in [6, 6.07) is 13.6. The highest BCUT2D eigenvalue weighted by atomic mass is 32.2. The Bertz CT molecular complexity index is 1330. The number of thioether (sulfide) groups is 1. The average Bonchev–Trinajstić information content (AvgIpc) is 2.92. The van der Waals surface area contributed by atoms with Gasteiger partial charge in [0.2, 0.25) is 0 Å². The quantitative estimate of drug-likeness (QED) is 0.373. The lowest BCUT2D eigenvalue weighted by molar-refractivity contribution is 0.0994. The van der Waals surface area contributed by atoms with E-state index in [1.807, 2.05) is 25.1 Å². The van der Waals surface area contributed by atoms with Gasteiger partial charge in [-0.2, -0.15) is 0 Å². The van der Waals surface area contributed by atoms with Crippen LogP contribution >= 0.6 is 11.8 Å². The molecule has 0 N–H and O–H groups in total. The predicted octanol–water partition coefficient (Wildman–Crippen LogP) is 4.41. The topological polar surface area (TPSA) is 56.9 Å². The molecule has 4 rings (SSSR count). The summed E-state index contributed by atoms with van der Waals surface area (Å²) in [5.41, 5.74) is 5.34. The van der Waals surface area contributed by atoms with Crippen molar-refractivity contribution in [2.24, 2.45) is 14.1 Å². The number of fused-ring (bicyclic) bond motifs is 2. The molecule has 0 saturated carbocycles. The van der Waals surface area contributed by atoms with Gasteiger partial charge in [0, 0.05) is 25.0 Å². The molecule has 2 aromatic heterocycles. The van der Waals surface area contributed by atoms with E-state index in [9.17, 15) is 9.59 Å². The van der Waals surface area contributed by atoms with E-state index < -0.39 is 0 Å². The maximum atomic E-state index is 13.1. The molecule has 0 spiro atoms. The number of hydrogen-bond acceptors (Lipinski definition) is 4. The Morgan fingerprint density at radius 1 is 1.00 bits per heavy atom. The van der Waals surface area contributed by atoms with E-state index in [0.29, 0.717) is 5.56 Å². The minimum atomic E-state index is -0.290. The first-order chi connectivity index (χ1) is 13.8. The van der Waals surface area contributed by atoms with Crippen molar-refractivity contribution in [1.29, 1.82) is 0 Å². The largest absolute Gasteiger partial charge is 0.328 e. The Hall–Kier alpha value is -2.86. The van der Waals surface area contributed by atoms with Crippen LogP contribution < -0.4 is 5.69 Å². The number of nitrogens with zero attached hydrogens (tertiary/aromatic N) is 3. The average molecular weight is 406 g/mol. The second-order valence-electron chi connectivity index (χ2n) is 7.48. The van der Waals surface area contributed by atoms with Gasteiger partial charge in [-0.3, -0.25) is 13.9 Å². The van der Waals surface area contributed by atoms with Crippen LogP contribution in [0.5, 0.6) is 0 Å². The van der Waals surface area contributed by atoms with Crippen LogP contribution in [0.2, 0.25) is 0 Å². The first-order valence-corrected chi connectivity index (χ1v) is 10.4. The lowest BCUT2D eigenvalue weighted by atomic mass is 10.1. The van der Waals surface area contributed by atoms with Crippen LogP contribution in [0.4, 0.5) is 0 Å². The number of aryl methyl sites for hydroxylation is 4. The van der Waals surface area contributed by atoms with Crippen LogP contribution in [0.15, 0.2) is 52.3 Å². The summed E-state index contributed by atoms with van der Waals surface area (Å²) in [6.07, 6.45) is 0. The van der Waals surface area contributed by atoms with Gasteiger partial charge in [0.25, 0.3) is 0 Å². The number of aromatic nitrogens is 3. The third-order valence-corrected chi connectivity index (χ3v) is 6.47. The maximum Gasteiger partial charge on any atom is 0.328 e. The predicted molar refractivity (Wildman–Crippen MR) is 119 cm³/mol.